The fourth-order valence-electron chi connectivity index (χ4n) is 2.78. The van der Waals surface area contributed by atoms with Gasteiger partial charge in [-0.3, -0.25) is 4.79 Å². The van der Waals surface area contributed by atoms with Gasteiger partial charge in [0.2, 0.25) is 0 Å². The average molecular weight is 354 g/mol. The van der Waals surface area contributed by atoms with E-state index in [0.29, 0.717) is 12.3 Å². The Kier molecular flexibility index (Phi) is 4.60. The lowest BCUT2D eigenvalue weighted by Gasteiger charge is -2.38. The van der Waals surface area contributed by atoms with Crippen LogP contribution in [0, 0.1) is 5.92 Å². The van der Waals surface area contributed by atoms with Crippen molar-refractivity contribution in [3.05, 3.63) is 48.0 Å². The molecule has 0 bridgehead atoms. The molecule has 0 amide bonds. The second-order valence-electron chi connectivity index (χ2n) is 5.18. The molecule has 0 heterocycles. The molecule has 0 unspecified atom stereocenters. The zero-order valence-corrected chi connectivity index (χ0v) is 12.9. The van der Waals surface area contributed by atoms with Crippen LogP contribution in [0.5, 0.6) is 0 Å². The quantitative estimate of drug-likeness (QED) is 0.582. The third kappa shape index (κ3) is 2.85. The SMILES string of the molecule is C[C@@]1(c2ccccc2)C=CC(=O)C[C@H]1CCCI. The fraction of sp³-hybridized carbons (Fsp3) is 0.438. The summed E-state index contributed by atoms with van der Waals surface area (Å²) in [5, 5.41) is 0. The van der Waals surface area contributed by atoms with Crippen LogP contribution in [0.15, 0.2) is 42.5 Å². The zero-order valence-electron chi connectivity index (χ0n) is 10.7. The highest BCUT2D eigenvalue weighted by Crippen LogP contribution is 2.41. The van der Waals surface area contributed by atoms with Crippen molar-refractivity contribution in [1.82, 2.24) is 0 Å². The highest BCUT2D eigenvalue weighted by atomic mass is 127. The van der Waals surface area contributed by atoms with E-state index in [2.05, 4.69) is 59.9 Å². The summed E-state index contributed by atoms with van der Waals surface area (Å²) in [4.78, 5) is 11.7. The van der Waals surface area contributed by atoms with Gasteiger partial charge in [0.1, 0.15) is 0 Å². The molecule has 1 aliphatic carbocycles. The molecule has 0 N–H and O–H groups in total. The Labute approximate surface area is 123 Å². The van der Waals surface area contributed by atoms with Crippen LogP contribution < -0.4 is 0 Å². The summed E-state index contributed by atoms with van der Waals surface area (Å²) < 4.78 is 1.16. The number of ketones is 1. The van der Waals surface area contributed by atoms with Crippen molar-refractivity contribution in [2.24, 2.45) is 5.92 Å². The van der Waals surface area contributed by atoms with Crippen molar-refractivity contribution in [2.75, 3.05) is 4.43 Å². The molecule has 0 radical (unpaired) electrons. The first-order chi connectivity index (χ1) is 8.66. The van der Waals surface area contributed by atoms with Crippen LogP contribution in [-0.2, 0) is 10.2 Å². The number of hydrogen-bond donors (Lipinski definition) is 0. The van der Waals surface area contributed by atoms with Crippen LogP contribution in [0.3, 0.4) is 0 Å². The first-order valence-corrected chi connectivity index (χ1v) is 8.03. The van der Waals surface area contributed by atoms with Crippen LogP contribution in [0.1, 0.15) is 31.7 Å². The first-order valence-electron chi connectivity index (χ1n) is 6.50. The Morgan fingerprint density at radius 1 is 1.33 bits per heavy atom. The number of benzene rings is 1. The topological polar surface area (TPSA) is 17.1 Å². The third-order valence-corrected chi connectivity index (χ3v) is 4.76. The Balaban J connectivity index is 2.31. The molecular formula is C16H19IO. The van der Waals surface area contributed by atoms with Crippen molar-refractivity contribution >= 4 is 28.4 Å². The Bertz CT molecular complexity index is 438. The molecule has 0 spiro atoms. The number of carbonyl (C=O) groups is 1. The van der Waals surface area contributed by atoms with Gasteiger partial charge in [-0.2, -0.15) is 0 Å². The summed E-state index contributed by atoms with van der Waals surface area (Å²) in [6, 6.07) is 10.6. The molecule has 2 heteroatoms. The summed E-state index contributed by atoms with van der Waals surface area (Å²) in [6.07, 6.45) is 6.90. The Morgan fingerprint density at radius 3 is 2.72 bits per heavy atom. The molecule has 1 nitrogen and oxygen atoms in total. The van der Waals surface area contributed by atoms with E-state index >= 15 is 0 Å². The van der Waals surface area contributed by atoms with Gasteiger partial charge < -0.3 is 0 Å². The van der Waals surface area contributed by atoms with Crippen molar-refractivity contribution in [3.8, 4) is 0 Å². The van der Waals surface area contributed by atoms with E-state index in [4.69, 9.17) is 0 Å². The first kappa shape index (κ1) is 13.8. The van der Waals surface area contributed by atoms with E-state index in [9.17, 15) is 4.79 Å². The molecule has 2 atom stereocenters. The summed E-state index contributed by atoms with van der Waals surface area (Å²) >= 11 is 2.41. The molecule has 0 aliphatic heterocycles. The van der Waals surface area contributed by atoms with Gasteiger partial charge in [-0.1, -0.05) is 65.9 Å². The minimum Gasteiger partial charge on any atom is -0.295 e. The van der Waals surface area contributed by atoms with E-state index < -0.39 is 0 Å². The standard InChI is InChI=1S/C16H19IO/c1-16(13-6-3-2-4-7-13)10-9-15(18)12-14(16)8-5-11-17/h2-4,6-7,9-10,14H,5,8,11-12H2,1H3/t14-,16+/m1/s1. The Hall–Kier alpha value is -0.640. The second-order valence-corrected chi connectivity index (χ2v) is 6.26. The molecule has 18 heavy (non-hydrogen) atoms. The van der Waals surface area contributed by atoms with Gasteiger partial charge in [0.15, 0.2) is 5.78 Å². The highest BCUT2D eigenvalue weighted by molar-refractivity contribution is 14.1. The number of allylic oxidation sites excluding steroid dienone is 2. The van der Waals surface area contributed by atoms with Gasteiger partial charge >= 0.3 is 0 Å². The minimum absolute atomic E-state index is 0.0149. The molecule has 0 saturated carbocycles. The lowest BCUT2D eigenvalue weighted by Crippen LogP contribution is -2.34. The van der Waals surface area contributed by atoms with E-state index in [0.717, 1.165) is 10.8 Å². The van der Waals surface area contributed by atoms with Gasteiger partial charge in [0.25, 0.3) is 0 Å². The van der Waals surface area contributed by atoms with Gasteiger partial charge in [-0.05, 0) is 34.8 Å². The smallest absolute Gasteiger partial charge is 0.155 e. The molecular weight excluding hydrogens is 335 g/mol. The van der Waals surface area contributed by atoms with Gasteiger partial charge in [0, 0.05) is 11.8 Å². The van der Waals surface area contributed by atoms with Crippen LogP contribution in [0.2, 0.25) is 0 Å². The third-order valence-electron chi connectivity index (χ3n) is 3.99. The summed E-state index contributed by atoms with van der Waals surface area (Å²) in [7, 11) is 0. The van der Waals surface area contributed by atoms with Crippen LogP contribution in [-0.4, -0.2) is 10.2 Å². The maximum Gasteiger partial charge on any atom is 0.155 e. The molecule has 1 aromatic carbocycles. The lowest BCUT2D eigenvalue weighted by atomic mass is 9.65. The number of carbonyl (C=O) groups excluding carboxylic acids is 1. The number of hydrogen-bond acceptors (Lipinski definition) is 1. The van der Waals surface area contributed by atoms with Gasteiger partial charge in [-0.25, -0.2) is 0 Å². The minimum atomic E-state index is 0.0149. The molecule has 2 rings (SSSR count). The maximum absolute atomic E-state index is 11.7. The predicted molar refractivity (Wildman–Crippen MR) is 84.2 cm³/mol. The van der Waals surface area contributed by atoms with E-state index in [1.165, 1.54) is 12.0 Å². The maximum atomic E-state index is 11.7. The lowest BCUT2D eigenvalue weighted by molar-refractivity contribution is -0.116. The predicted octanol–water partition coefficient (Wildman–Crippen LogP) is 4.30. The summed E-state index contributed by atoms with van der Waals surface area (Å²) in [5.41, 5.74) is 1.34. The normalized spacial score (nSPS) is 27.4. The molecule has 0 fully saturated rings. The van der Waals surface area contributed by atoms with Gasteiger partial charge in [-0.15, -0.1) is 0 Å². The fourth-order valence-corrected chi connectivity index (χ4v) is 3.22. The molecule has 0 aromatic heterocycles. The second kappa shape index (κ2) is 6.00. The monoisotopic (exact) mass is 354 g/mol. The largest absolute Gasteiger partial charge is 0.295 e. The highest BCUT2D eigenvalue weighted by Gasteiger charge is 2.36. The average Bonchev–Trinajstić information content (AvgIpc) is 2.41. The number of rotatable bonds is 4. The molecule has 96 valence electrons. The van der Waals surface area contributed by atoms with Crippen LogP contribution >= 0.6 is 22.6 Å². The van der Waals surface area contributed by atoms with Crippen LogP contribution in [0.25, 0.3) is 0 Å². The van der Waals surface area contributed by atoms with E-state index in [1.54, 1.807) is 6.08 Å². The zero-order chi connectivity index (χ0) is 13.0. The molecule has 1 aromatic rings. The summed E-state index contributed by atoms with van der Waals surface area (Å²) in [6.45, 7) is 2.27. The van der Waals surface area contributed by atoms with Crippen molar-refractivity contribution in [3.63, 3.8) is 0 Å². The number of halogens is 1. The van der Waals surface area contributed by atoms with Crippen molar-refractivity contribution in [1.29, 1.82) is 0 Å². The molecule has 0 saturated heterocycles. The number of alkyl halides is 1. The van der Waals surface area contributed by atoms with Gasteiger partial charge in [0.05, 0.1) is 0 Å². The van der Waals surface area contributed by atoms with E-state index in [-0.39, 0.29) is 11.2 Å². The van der Waals surface area contributed by atoms with Crippen molar-refractivity contribution in [2.45, 2.75) is 31.6 Å². The van der Waals surface area contributed by atoms with Crippen molar-refractivity contribution < 1.29 is 4.79 Å². The van der Waals surface area contributed by atoms with E-state index in [1.807, 2.05) is 6.07 Å². The Morgan fingerprint density at radius 2 is 2.06 bits per heavy atom. The summed E-state index contributed by atoms with van der Waals surface area (Å²) in [5.74, 6) is 0.717. The molecule has 1 aliphatic rings. The van der Waals surface area contributed by atoms with Crippen LogP contribution in [0.4, 0.5) is 0 Å².